The number of nitrogens with one attached hydrogen (secondary N) is 1. The van der Waals surface area contributed by atoms with E-state index in [4.69, 9.17) is 0 Å². The molecule has 2 heteroatoms. The van der Waals surface area contributed by atoms with Gasteiger partial charge in [-0.25, -0.2) is 0 Å². The van der Waals surface area contributed by atoms with Gasteiger partial charge in [-0.1, -0.05) is 30.3 Å². The minimum absolute atomic E-state index is 0.452. The van der Waals surface area contributed by atoms with E-state index in [1.807, 2.05) is 0 Å². The van der Waals surface area contributed by atoms with Crippen molar-refractivity contribution in [2.24, 2.45) is 0 Å². The van der Waals surface area contributed by atoms with Gasteiger partial charge in [0.05, 0.1) is 0 Å². The molecule has 1 aromatic carbocycles. The van der Waals surface area contributed by atoms with Gasteiger partial charge in [0, 0.05) is 6.04 Å². The van der Waals surface area contributed by atoms with Crippen LogP contribution < -0.4 is 5.32 Å². The molecule has 0 aliphatic rings. The fraction of sp³-hybridized carbons (Fsp3) is 0.538. The van der Waals surface area contributed by atoms with Crippen LogP contribution in [0.2, 0.25) is 0 Å². The molecule has 15 heavy (non-hydrogen) atoms. The molecule has 2 nitrogen and oxygen atoms in total. The summed E-state index contributed by atoms with van der Waals surface area (Å²) in [7, 11) is 4.22. The zero-order valence-electron chi connectivity index (χ0n) is 10.0. The molecule has 84 valence electrons. The average Bonchev–Trinajstić information content (AvgIpc) is 2.25. The number of nitrogens with zero attached hydrogens (tertiary/aromatic N) is 1. The van der Waals surface area contributed by atoms with Crippen LogP contribution in [0.1, 0.15) is 24.9 Å². The quantitative estimate of drug-likeness (QED) is 0.718. The summed E-state index contributed by atoms with van der Waals surface area (Å²) in [5.74, 6) is 0. The van der Waals surface area contributed by atoms with Crippen molar-refractivity contribution >= 4 is 0 Å². The molecule has 0 aromatic heterocycles. The highest BCUT2D eigenvalue weighted by atomic mass is 15.1. The van der Waals surface area contributed by atoms with Gasteiger partial charge in [-0.3, -0.25) is 0 Å². The van der Waals surface area contributed by atoms with E-state index in [1.54, 1.807) is 0 Å². The molecule has 1 unspecified atom stereocenters. The zero-order chi connectivity index (χ0) is 11.1. The number of rotatable bonds is 6. The Morgan fingerprint density at radius 3 is 2.47 bits per heavy atom. The Bertz CT molecular complexity index is 256. The van der Waals surface area contributed by atoms with Crippen LogP contribution in [0.3, 0.4) is 0 Å². The van der Waals surface area contributed by atoms with Crippen LogP contribution in [0.4, 0.5) is 0 Å². The van der Waals surface area contributed by atoms with E-state index in [-0.39, 0.29) is 0 Å². The van der Waals surface area contributed by atoms with Crippen LogP contribution in [-0.2, 0) is 0 Å². The monoisotopic (exact) mass is 206 g/mol. The molecule has 0 aliphatic heterocycles. The molecule has 1 atom stereocenters. The second-order valence-electron chi connectivity index (χ2n) is 4.24. The largest absolute Gasteiger partial charge is 0.310 e. The minimum atomic E-state index is 0.452. The maximum Gasteiger partial charge on any atom is 0.0291 e. The molecule has 0 fully saturated rings. The van der Waals surface area contributed by atoms with E-state index in [0.717, 1.165) is 13.1 Å². The fourth-order valence-corrected chi connectivity index (χ4v) is 1.57. The van der Waals surface area contributed by atoms with Crippen LogP contribution in [0.5, 0.6) is 0 Å². The van der Waals surface area contributed by atoms with E-state index in [2.05, 4.69) is 61.6 Å². The van der Waals surface area contributed by atoms with Gasteiger partial charge in [-0.2, -0.15) is 0 Å². The van der Waals surface area contributed by atoms with E-state index < -0.39 is 0 Å². The summed E-state index contributed by atoms with van der Waals surface area (Å²) in [4.78, 5) is 2.22. The number of hydrogen-bond donors (Lipinski definition) is 1. The van der Waals surface area contributed by atoms with Crippen molar-refractivity contribution in [1.82, 2.24) is 10.2 Å². The molecule has 0 saturated carbocycles. The topological polar surface area (TPSA) is 15.3 Å². The molecule has 0 bridgehead atoms. The molecular weight excluding hydrogens is 184 g/mol. The van der Waals surface area contributed by atoms with Crippen LogP contribution >= 0.6 is 0 Å². The average molecular weight is 206 g/mol. The molecule has 0 aliphatic carbocycles. The second kappa shape index (κ2) is 6.59. The van der Waals surface area contributed by atoms with Crippen LogP contribution in [0.25, 0.3) is 0 Å². The lowest BCUT2D eigenvalue weighted by molar-refractivity contribution is 0.389. The minimum Gasteiger partial charge on any atom is -0.310 e. The Morgan fingerprint density at radius 1 is 1.20 bits per heavy atom. The summed E-state index contributed by atoms with van der Waals surface area (Å²) < 4.78 is 0. The number of benzene rings is 1. The van der Waals surface area contributed by atoms with Crippen molar-refractivity contribution in [1.29, 1.82) is 0 Å². The molecule has 0 spiro atoms. The molecule has 1 rings (SSSR count). The van der Waals surface area contributed by atoms with Crippen LogP contribution in [0.15, 0.2) is 30.3 Å². The lowest BCUT2D eigenvalue weighted by Crippen LogP contribution is -2.23. The molecule has 1 aromatic rings. The lowest BCUT2D eigenvalue weighted by atomic mass is 10.1. The van der Waals surface area contributed by atoms with Gasteiger partial charge in [-0.15, -0.1) is 0 Å². The SMILES string of the molecule is CC(NCCCN(C)C)c1ccccc1. The summed E-state index contributed by atoms with van der Waals surface area (Å²) in [6, 6.07) is 11.0. The maximum atomic E-state index is 3.53. The standard InChI is InChI=1S/C13H22N2/c1-12(13-8-5-4-6-9-13)14-10-7-11-15(2)3/h4-6,8-9,12,14H,7,10-11H2,1-3H3. The third kappa shape index (κ3) is 4.96. The molecule has 0 saturated heterocycles. The Kier molecular flexibility index (Phi) is 5.37. The Labute approximate surface area is 93.3 Å². The summed E-state index contributed by atoms with van der Waals surface area (Å²) in [5.41, 5.74) is 1.36. The summed E-state index contributed by atoms with van der Waals surface area (Å²) in [6.45, 7) is 4.44. The van der Waals surface area contributed by atoms with E-state index in [0.29, 0.717) is 6.04 Å². The first kappa shape index (κ1) is 12.2. The fourth-order valence-electron chi connectivity index (χ4n) is 1.57. The summed E-state index contributed by atoms with van der Waals surface area (Å²) in [6.07, 6.45) is 1.20. The molecule has 1 N–H and O–H groups in total. The summed E-state index contributed by atoms with van der Waals surface area (Å²) >= 11 is 0. The van der Waals surface area contributed by atoms with Gasteiger partial charge < -0.3 is 10.2 Å². The van der Waals surface area contributed by atoms with Crippen molar-refractivity contribution in [3.05, 3.63) is 35.9 Å². The van der Waals surface area contributed by atoms with Crippen molar-refractivity contribution < 1.29 is 0 Å². The second-order valence-corrected chi connectivity index (χ2v) is 4.24. The third-order valence-electron chi connectivity index (χ3n) is 2.53. The first-order valence-corrected chi connectivity index (χ1v) is 5.63. The Morgan fingerprint density at radius 2 is 1.87 bits per heavy atom. The Balaban J connectivity index is 2.22. The highest BCUT2D eigenvalue weighted by Crippen LogP contribution is 2.10. The Hall–Kier alpha value is -0.860. The van der Waals surface area contributed by atoms with Gasteiger partial charge in [0.25, 0.3) is 0 Å². The van der Waals surface area contributed by atoms with Crippen molar-refractivity contribution in [3.63, 3.8) is 0 Å². The van der Waals surface area contributed by atoms with Crippen LogP contribution in [0, 0.1) is 0 Å². The lowest BCUT2D eigenvalue weighted by Gasteiger charge is -2.15. The maximum absolute atomic E-state index is 3.53. The molecular formula is C13H22N2. The van der Waals surface area contributed by atoms with Crippen molar-refractivity contribution in [2.45, 2.75) is 19.4 Å². The van der Waals surface area contributed by atoms with E-state index in [1.165, 1.54) is 12.0 Å². The predicted octanol–water partition coefficient (Wildman–Crippen LogP) is 2.29. The van der Waals surface area contributed by atoms with E-state index in [9.17, 15) is 0 Å². The smallest absolute Gasteiger partial charge is 0.0291 e. The van der Waals surface area contributed by atoms with Crippen molar-refractivity contribution in [2.75, 3.05) is 27.2 Å². The summed E-state index contributed by atoms with van der Waals surface area (Å²) in [5, 5.41) is 3.53. The third-order valence-corrected chi connectivity index (χ3v) is 2.53. The first-order valence-electron chi connectivity index (χ1n) is 5.63. The van der Waals surface area contributed by atoms with E-state index >= 15 is 0 Å². The molecule has 0 amide bonds. The van der Waals surface area contributed by atoms with Gasteiger partial charge in [0.1, 0.15) is 0 Å². The van der Waals surface area contributed by atoms with Gasteiger partial charge in [0.2, 0.25) is 0 Å². The van der Waals surface area contributed by atoms with Crippen LogP contribution in [-0.4, -0.2) is 32.1 Å². The van der Waals surface area contributed by atoms with Crippen molar-refractivity contribution in [3.8, 4) is 0 Å². The molecule has 0 heterocycles. The number of hydrogen-bond acceptors (Lipinski definition) is 2. The van der Waals surface area contributed by atoms with Gasteiger partial charge in [-0.05, 0) is 46.1 Å². The zero-order valence-corrected chi connectivity index (χ0v) is 10.0. The first-order chi connectivity index (χ1) is 7.20. The highest BCUT2D eigenvalue weighted by Gasteiger charge is 2.02. The van der Waals surface area contributed by atoms with Gasteiger partial charge >= 0.3 is 0 Å². The highest BCUT2D eigenvalue weighted by molar-refractivity contribution is 5.17. The van der Waals surface area contributed by atoms with Gasteiger partial charge in [0.15, 0.2) is 0 Å². The normalized spacial score (nSPS) is 13.1. The molecule has 0 radical (unpaired) electrons. The predicted molar refractivity (Wildman–Crippen MR) is 66.0 cm³/mol.